The molecule has 2 aliphatic heterocycles. The summed E-state index contributed by atoms with van der Waals surface area (Å²) in [6.07, 6.45) is 1.96. The molecule has 2 heterocycles. The molecule has 2 rings (SSSR count). The van der Waals surface area contributed by atoms with Crippen molar-refractivity contribution in [3.8, 4) is 0 Å². The Labute approximate surface area is 82.6 Å². The van der Waals surface area contributed by atoms with E-state index in [1.54, 1.807) is 4.90 Å². The predicted octanol–water partition coefficient (Wildman–Crippen LogP) is -1.18. The van der Waals surface area contributed by atoms with Crippen LogP contribution in [0.25, 0.3) is 0 Å². The van der Waals surface area contributed by atoms with Gasteiger partial charge in [0.2, 0.25) is 11.8 Å². The minimum Gasteiger partial charge on any atom is -0.344 e. The molecular weight excluding hydrogens is 182 g/mol. The summed E-state index contributed by atoms with van der Waals surface area (Å²) < 4.78 is 0. The average molecular weight is 197 g/mol. The number of likely N-dealkylation sites (tertiary alicyclic amines) is 1. The summed E-state index contributed by atoms with van der Waals surface area (Å²) in [5.41, 5.74) is 5.71. The molecule has 2 aliphatic rings. The molecule has 5 heteroatoms. The van der Waals surface area contributed by atoms with Crippen molar-refractivity contribution in [1.29, 1.82) is 0 Å². The second-order valence-corrected chi connectivity index (χ2v) is 3.99. The number of nitrogens with two attached hydrogens (primary N) is 1. The molecule has 2 saturated heterocycles. The van der Waals surface area contributed by atoms with Gasteiger partial charge in [-0.3, -0.25) is 9.59 Å². The number of amides is 2. The van der Waals surface area contributed by atoms with Crippen LogP contribution < -0.4 is 11.1 Å². The van der Waals surface area contributed by atoms with Crippen molar-refractivity contribution in [3.63, 3.8) is 0 Å². The Hall–Kier alpha value is -1.10. The van der Waals surface area contributed by atoms with E-state index >= 15 is 0 Å². The van der Waals surface area contributed by atoms with Gasteiger partial charge in [-0.1, -0.05) is 0 Å². The summed E-state index contributed by atoms with van der Waals surface area (Å²) in [7, 11) is 0. The van der Waals surface area contributed by atoms with Gasteiger partial charge in [0.15, 0.2) is 0 Å². The quantitative estimate of drug-likeness (QED) is 0.556. The molecule has 14 heavy (non-hydrogen) atoms. The summed E-state index contributed by atoms with van der Waals surface area (Å²) in [5.74, 6) is 0.00986. The maximum Gasteiger partial charge on any atom is 0.245 e. The summed E-state index contributed by atoms with van der Waals surface area (Å²) in [6.45, 7) is 1.36. The summed E-state index contributed by atoms with van der Waals surface area (Å²) >= 11 is 0. The Morgan fingerprint density at radius 3 is 2.79 bits per heavy atom. The fraction of sp³-hybridized carbons (Fsp3) is 0.778. The number of nitrogens with one attached hydrogen (secondary N) is 1. The van der Waals surface area contributed by atoms with Crippen LogP contribution in [0.15, 0.2) is 0 Å². The van der Waals surface area contributed by atoms with Gasteiger partial charge in [0.25, 0.3) is 0 Å². The van der Waals surface area contributed by atoms with Crippen molar-refractivity contribution in [2.45, 2.75) is 31.3 Å². The van der Waals surface area contributed by atoms with E-state index in [0.29, 0.717) is 19.4 Å². The molecule has 2 atom stereocenters. The van der Waals surface area contributed by atoms with E-state index in [4.69, 9.17) is 5.73 Å². The maximum atomic E-state index is 11.8. The zero-order chi connectivity index (χ0) is 10.1. The average Bonchev–Trinajstić information content (AvgIpc) is 2.73. The molecule has 0 saturated carbocycles. The van der Waals surface area contributed by atoms with Gasteiger partial charge in [-0.25, -0.2) is 0 Å². The minimum absolute atomic E-state index is 0.0214. The monoisotopic (exact) mass is 197 g/mol. The van der Waals surface area contributed by atoms with Crippen molar-refractivity contribution in [1.82, 2.24) is 10.2 Å². The lowest BCUT2D eigenvalue weighted by molar-refractivity contribution is -0.133. The van der Waals surface area contributed by atoms with Gasteiger partial charge in [0, 0.05) is 25.6 Å². The number of hydrogen-bond acceptors (Lipinski definition) is 3. The Kier molecular flexibility index (Phi) is 2.41. The molecule has 3 N–H and O–H groups in total. The highest BCUT2D eigenvalue weighted by atomic mass is 16.2. The molecular formula is C9H15N3O2. The molecule has 0 aromatic heterocycles. The zero-order valence-electron chi connectivity index (χ0n) is 8.03. The second-order valence-electron chi connectivity index (χ2n) is 3.99. The molecule has 0 radical (unpaired) electrons. The van der Waals surface area contributed by atoms with E-state index in [2.05, 4.69) is 5.32 Å². The lowest BCUT2D eigenvalue weighted by Crippen LogP contribution is -2.44. The molecule has 1 unspecified atom stereocenters. The third kappa shape index (κ3) is 1.72. The number of carbonyl (C=O) groups is 2. The van der Waals surface area contributed by atoms with Crippen LogP contribution in [0.3, 0.4) is 0 Å². The van der Waals surface area contributed by atoms with Gasteiger partial charge in [-0.2, -0.15) is 0 Å². The molecule has 0 aliphatic carbocycles. The first-order valence-corrected chi connectivity index (χ1v) is 5.00. The minimum atomic E-state index is -0.298. The number of rotatable bonds is 1. The fourth-order valence-corrected chi connectivity index (χ4v) is 2.01. The first-order chi connectivity index (χ1) is 6.66. The van der Waals surface area contributed by atoms with Crippen molar-refractivity contribution in [2.24, 2.45) is 5.73 Å². The first kappa shape index (κ1) is 9.45. The third-order valence-electron chi connectivity index (χ3n) is 2.83. The standard InChI is InChI=1S/C9H15N3O2/c10-6-3-4-12(5-6)9(14)7-1-2-8(13)11-7/h6-7H,1-5,10H2,(H,11,13)/t6?,7-/m0/s1. The number of nitrogens with zero attached hydrogens (tertiary/aromatic N) is 1. The Morgan fingerprint density at radius 2 is 2.29 bits per heavy atom. The highest BCUT2D eigenvalue weighted by Crippen LogP contribution is 2.14. The summed E-state index contributed by atoms with van der Waals surface area (Å²) in [4.78, 5) is 24.5. The zero-order valence-corrected chi connectivity index (χ0v) is 8.03. The predicted molar refractivity (Wildman–Crippen MR) is 50.3 cm³/mol. The van der Waals surface area contributed by atoms with Gasteiger partial charge in [-0.05, 0) is 12.8 Å². The van der Waals surface area contributed by atoms with E-state index in [1.807, 2.05) is 0 Å². The topological polar surface area (TPSA) is 75.4 Å². The van der Waals surface area contributed by atoms with Crippen molar-refractivity contribution >= 4 is 11.8 Å². The van der Waals surface area contributed by atoms with E-state index < -0.39 is 0 Å². The summed E-state index contributed by atoms with van der Waals surface area (Å²) in [6, 6.07) is -0.191. The van der Waals surface area contributed by atoms with Gasteiger partial charge in [-0.15, -0.1) is 0 Å². The van der Waals surface area contributed by atoms with Gasteiger partial charge in [0.05, 0.1) is 0 Å². The SMILES string of the molecule is NC1CCN(C(=O)[C@@H]2CCC(=O)N2)C1. The van der Waals surface area contributed by atoms with Gasteiger partial charge in [0.1, 0.15) is 6.04 Å². The molecule has 2 amide bonds. The van der Waals surface area contributed by atoms with Crippen LogP contribution in [0.4, 0.5) is 0 Å². The molecule has 0 aromatic rings. The van der Waals surface area contributed by atoms with Crippen LogP contribution in [-0.4, -0.2) is 41.9 Å². The molecule has 78 valence electrons. The summed E-state index contributed by atoms with van der Waals surface area (Å²) in [5, 5.41) is 2.67. The maximum absolute atomic E-state index is 11.8. The van der Waals surface area contributed by atoms with Crippen LogP contribution in [0, 0.1) is 0 Å². The second kappa shape index (κ2) is 3.57. The molecule has 0 bridgehead atoms. The molecule has 0 aromatic carbocycles. The van der Waals surface area contributed by atoms with E-state index in [9.17, 15) is 9.59 Å². The number of carbonyl (C=O) groups excluding carboxylic acids is 2. The Bertz CT molecular complexity index is 267. The van der Waals surface area contributed by atoms with E-state index in [1.165, 1.54) is 0 Å². The van der Waals surface area contributed by atoms with Gasteiger partial charge < -0.3 is 16.0 Å². The van der Waals surface area contributed by atoms with E-state index in [0.717, 1.165) is 13.0 Å². The largest absolute Gasteiger partial charge is 0.344 e. The molecule has 2 fully saturated rings. The molecule has 0 spiro atoms. The van der Waals surface area contributed by atoms with Crippen molar-refractivity contribution in [3.05, 3.63) is 0 Å². The first-order valence-electron chi connectivity index (χ1n) is 5.00. The van der Waals surface area contributed by atoms with Crippen molar-refractivity contribution < 1.29 is 9.59 Å². The normalized spacial score (nSPS) is 32.1. The smallest absolute Gasteiger partial charge is 0.245 e. The Morgan fingerprint density at radius 1 is 1.50 bits per heavy atom. The highest BCUT2D eigenvalue weighted by molar-refractivity contribution is 5.90. The fourth-order valence-electron chi connectivity index (χ4n) is 2.01. The van der Waals surface area contributed by atoms with Crippen molar-refractivity contribution in [2.75, 3.05) is 13.1 Å². The highest BCUT2D eigenvalue weighted by Gasteiger charge is 2.33. The van der Waals surface area contributed by atoms with Crippen LogP contribution >= 0.6 is 0 Å². The van der Waals surface area contributed by atoms with Crippen LogP contribution in [0.5, 0.6) is 0 Å². The van der Waals surface area contributed by atoms with Gasteiger partial charge >= 0.3 is 0 Å². The Balaban J connectivity index is 1.92. The third-order valence-corrected chi connectivity index (χ3v) is 2.83. The number of hydrogen-bond donors (Lipinski definition) is 2. The van der Waals surface area contributed by atoms with Crippen LogP contribution in [0.2, 0.25) is 0 Å². The lowest BCUT2D eigenvalue weighted by Gasteiger charge is -2.19. The van der Waals surface area contributed by atoms with Crippen LogP contribution in [-0.2, 0) is 9.59 Å². The molecule has 5 nitrogen and oxygen atoms in total. The lowest BCUT2D eigenvalue weighted by atomic mass is 10.2. The van der Waals surface area contributed by atoms with Crippen LogP contribution in [0.1, 0.15) is 19.3 Å². The van der Waals surface area contributed by atoms with E-state index in [-0.39, 0.29) is 23.9 Å².